The van der Waals surface area contributed by atoms with Crippen molar-refractivity contribution in [2.75, 3.05) is 11.9 Å². The average molecular weight is 415 g/mol. The summed E-state index contributed by atoms with van der Waals surface area (Å²) >= 11 is 0. The summed E-state index contributed by atoms with van der Waals surface area (Å²) in [5.74, 6) is 1.04. The topological polar surface area (TPSA) is 72.8 Å². The predicted octanol–water partition coefficient (Wildman–Crippen LogP) is 5.33. The Hall–Kier alpha value is -3.71. The SMILES string of the molecule is CCOCc1cnc(C)nc1Nc1cncc(-c2ccnc(-c3ccccc3F)c2)c1. The van der Waals surface area contributed by atoms with E-state index in [1.54, 1.807) is 43.0 Å². The van der Waals surface area contributed by atoms with Crippen molar-refractivity contribution in [3.8, 4) is 22.4 Å². The highest BCUT2D eigenvalue weighted by Gasteiger charge is 2.10. The summed E-state index contributed by atoms with van der Waals surface area (Å²) in [5.41, 5.74) is 4.43. The third-order valence-corrected chi connectivity index (χ3v) is 4.69. The van der Waals surface area contributed by atoms with E-state index in [0.29, 0.717) is 36.1 Å². The number of nitrogens with one attached hydrogen (secondary N) is 1. The maximum atomic E-state index is 14.2. The van der Waals surface area contributed by atoms with Crippen LogP contribution >= 0.6 is 0 Å². The molecule has 0 saturated heterocycles. The smallest absolute Gasteiger partial charge is 0.139 e. The summed E-state index contributed by atoms with van der Waals surface area (Å²) in [5, 5.41) is 3.32. The quantitative estimate of drug-likeness (QED) is 0.440. The average Bonchev–Trinajstić information content (AvgIpc) is 2.79. The highest BCUT2D eigenvalue weighted by atomic mass is 19.1. The second-order valence-electron chi connectivity index (χ2n) is 6.93. The molecule has 0 radical (unpaired) electrons. The Morgan fingerprint density at radius 1 is 1.00 bits per heavy atom. The fraction of sp³-hybridized carbons (Fsp3) is 0.167. The minimum Gasteiger partial charge on any atom is -0.377 e. The lowest BCUT2D eigenvalue weighted by molar-refractivity contribution is 0.134. The van der Waals surface area contributed by atoms with Gasteiger partial charge in [-0.25, -0.2) is 14.4 Å². The van der Waals surface area contributed by atoms with Crippen molar-refractivity contribution in [2.45, 2.75) is 20.5 Å². The lowest BCUT2D eigenvalue weighted by Gasteiger charge is -2.12. The van der Waals surface area contributed by atoms with Crippen molar-refractivity contribution >= 4 is 11.5 Å². The zero-order valence-electron chi connectivity index (χ0n) is 17.3. The Morgan fingerprint density at radius 2 is 1.87 bits per heavy atom. The van der Waals surface area contributed by atoms with Gasteiger partial charge in [0, 0.05) is 41.9 Å². The third kappa shape index (κ3) is 4.90. The largest absolute Gasteiger partial charge is 0.377 e. The van der Waals surface area contributed by atoms with Gasteiger partial charge in [-0.1, -0.05) is 12.1 Å². The van der Waals surface area contributed by atoms with Crippen molar-refractivity contribution in [3.63, 3.8) is 0 Å². The molecule has 1 aromatic carbocycles. The first-order valence-electron chi connectivity index (χ1n) is 9.97. The van der Waals surface area contributed by atoms with Gasteiger partial charge >= 0.3 is 0 Å². The van der Waals surface area contributed by atoms with Crippen LogP contribution in [-0.2, 0) is 11.3 Å². The molecule has 0 aliphatic heterocycles. The number of anilines is 2. The minimum atomic E-state index is -0.304. The molecule has 0 bridgehead atoms. The Balaban J connectivity index is 1.64. The number of aromatic nitrogens is 4. The van der Waals surface area contributed by atoms with Crippen LogP contribution in [0, 0.1) is 12.7 Å². The number of benzene rings is 1. The summed E-state index contributed by atoms with van der Waals surface area (Å²) < 4.78 is 19.7. The molecule has 31 heavy (non-hydrogen) atoms. The van der Waals surface area contributed by atoms with Crippen LogP contribution in [0.4, 0.5) is 15.9 Å². The summed E-state index contributed by atoms with van der Waals surface area (Å²) in [6, 6.07) is 12.3. The highest BCUT2D eigenvalue weighted by Crippen LogP contribution is 2.28. The van der Waals surface area contributed by atoms with Crippen molar-refractivity contribution in [1.29, 1.82) is 0 Å². The van der Waals surface area contributed by atoms with E-state index in [1.165, 1.54) is 6.07 Å². The fourth-order valence-electron chi connectivity index (χ4n) is 3.15. The number of halogens is 1. The summed E-state index contributed by atoms with van der Waals surface area (Å²) in [6.45, 7) is 4.81. The number of aryl methyl sites for hydroxylation is 1. The van der Waals surface area contributed by atoms with E-state index in [2.05, 4.69) is 25.3 Å². The number of hydrogen-bond acceptors (Lipinski definition) is 6. The number of nitrogens with zero attached hydrogens (tertiary/aromatic N) is 4. The van der Waals surface area contributed by atoms with Crippen LogP contribution in [0.5, 0.6) is 0 Å². The van der Waals surface area contributed by atoms with Crippen molar-refractivity contribution in [2.24, 2.45) is 0 Å². The van der Waals surface area contributed by atoms with E-state index in [-0.39, 0.29) is 5.82 Å². The minimum absolute atomic E-state index is 0.304. The first-order valence-corrected chi connectivity index (χ1v) is 9.97. The molecular formula is C24H22FN5O. The summed E-state index contributed by atoms with van der Waals surface area (Å²) in [6.07, 6.45) is 6.93. The van der Waals surface area contributed by atoms with Crippen molar-refractivity contribution in [3.05, 3.63) is 84.5 Å². The summed E-state index contributed by atoms with van der Waals surface area (Å²) in [7, 11) is 0. The Kier molecular flexibility index (Phi) is 6.24. The highest BCUT2D eigenvalue weighted by molar-refractivity contribution is 5.73. The van der Waals surface area contributed by atoms with Crippen molar-refractivity contribution < 1.29 is 9.13 Å². The molecule has 4 aromatic rings. The lowest BCUT2D eigenvalue weighted by Crippen LogP contribution is -2.04. The molecule has 0 aliphatic carbocycles. The second-order valence-corrected chi connectivity index (χ2v) is 6.93. The number of rotatable bonds is 7. The molecule has 0 fully saturated rings. The molecular weight excluding hydrogens is 393 g/mol. The van der Waals surface area contributed by atoms with Gasteiger partial charge in [0.1, 0.15) is 17.5 Å². The fourth-order valence-corrected chi connectivity index (χ4v) is 3.15. The van der Waals surface area contributed by atoms with Gasteiger partial charge in [-0.05, 0) is 49.7 Å². The van der Waals surface area contributed by atoms with Crippen LogP contribution < -0.4 is 5.32 Å². The molecule has 0 spiro atoms. The van der Waals surface area contributed by atoms with E-state index >= 15 is 0 Å². The molecule has 0 amide bonds. The summed E-state index contributed by atoms with van der Waals surface area (Å²) in [4.78, 5) is 17.5. The Bertz CT molecular complexity index is 1200. The van der Waals surface area contributed by atoms with Crippen LogP contribution in [0.1, 0.15) is 18.3 Å². The monoisotopic (exact) mass is 415 g/mol. The number of hydrogen-bond donors (Lipinski definition) is 1. The molecule has 4 rings (SSSR count). The van der Waals surface area contributed by atoms with E-state index in [1.807, 2.05) is 32.0 Å². The molecule has 7 heteroatoms. The normalized spacial score (nSPS) is 10.8. The number of pyridine rings is 2. The molecule has 156 valence electrons. The van der Waals surface area contributed by atoms with E-state index < -0.39 is 0 Å². The number of ether oxygens (including phenoxy) is 1. The molecule has 0 unspecified atom stereocenters. The van der Waals surface area contributed by atoms with Crippen LogP contribution in [0.15, 0.2) is 67.3 Å². The molecule has 6 nitrogen and oxygen atoms in total. The van der Waals surface area contributed by atoms with Crippen LogP contribution in [0.25, 0.3) is 22.4 Å². The van der Waals surface area contributed by atoms with Gasteiger partial charge in [-0.15, -0.1) is 0 Å². The maximum absolute atomic E-state index is 14.2. The van der Waals surface area contributed by atoms with Gasteiger partial charge < -0.3 is 10.1 Å². The molecule has 3 heterocycles. The molecule has 0 atom stereocenters. The van der Waals surface area contributed by atoms with Gasteiger partial charge in [-0.2, -0.15) is 0 Å². The van der Waals surface area contributed by atoms with Gasteiger partial charge in [0.15, 0.2) is 0 Å². The standard InChI is InChI=1S/C24H22FN5O/c1-3-31-15-19-13-28-16(2)29-24(19)30-20-10-18(12-26-14-20)17-8-9-27-23(11-17)21-6-4-5-7-22(21)25/h4-14H,3,15H2,1-2H3,(H,28,29,30). The van der Waals surface area contributed by atoms with Gasteiger partial charge in [-0.3, -0.25) is 9.97 Å². The first kappa shape index (κ1) is 20.6. The molecule has 1 N–H and O–H groups in total. The van der Waals surface area contributed by atoms with Crippen molar-refractivity contribution in [1.82, 2.24) is 19.9 Å². The van der Waals surface area contributed by atoms with Gasteiger partial charge in [0.2, 0.25) is 0 Å². The van der Waals surface area contributed by atoms with Gasteiger partial charge in [0.05, 0.1) is 24.2 Å². The van der Waals surface area contributed by atoms with E-state index in [0.717, 1.165) is 22.4 Å². The molecule has 0 aliphatic rings. The van der Waals surface area contributed by atoms with Crippen LogP contribution in [0.3, 0.4) is 0 Å². The zero-order valence-corrected chi connectivity index (χ0v) is 17.3. The molecule has 3 aromatic heterocycles. The van der Waals surface area contributed by atoms with Crippen LogP contribution in [0.2, 0.25) is 0 Å². The third-order valence-electron chi connectivity index (χ3n) is 4.69. The van der Waals surface area contributed by atoms with E-state index in [9.17, 15) is 4.39 Å². The maximum Gasteiger partial charge on any atom is 0.139 e. The zero-order chi connectivity index (χ0) is 21.6. The van der Waals surface area contributed by atoms with Crippen LogP contribution in [-0.4, -0.2) is 26.5 Å². The predicted molar refractivity (Wildman–Crippen MR) is 118 cm³/mol. The first-order chi connectivity index (χ1) is 15.1. The molecule has 0 saturated carbocycles. The van der Waals surface area contributed by atoms with Gasteiger partial charge in [0.25, 0.3) is 0 Å². The Labute approximate surface area is 180 Å². The van der Waals surface area contributed by atoms with E-state index in [4.69, 9.17) is 4.74 Å². The Morgan fingerprint density at radius 3 is 2.71 bits per heavy atom. The second kappa shape index (κ2) is 9.40. The lowest BCUT2D eigenvalue weighted by atomic mass is 10.0.